The SMILES string of the molecule is CCCCCC1COC(c2cc(F)c(C(F)(F)Oc3cc(F)c(C(F)(F)Oc4cc(F)c(C(F)(F)F)c(F)c4)c(F)c3)c(F)c2)OC1. The summed E-state index contributed by atoms with van der Waals surface area (Å²) in [6, 6.07) is -0.232. The molecular formula is C30H23F13O4. The third-order valence-electron chi connectivity index (χ3n) is 6.91. The average Bonchev–Trinajstić information content (AvgIpc) is 2.90. The number of ether oxygens (including phenoxy) is 4. The Morgan fingerprint density at radius 2 is 0.979 bits per heavy atom. The second kappa shape index (κ2) is 13.8. The van der Waals surface area contributed by atoms with Gasteiger partial charge in [-0.1, -0.05) is 26.2 Å². The molecule has 0 bridgehead atoms. The van der Waals surface area contributed by atoms with E-state index in [1.54, 1.807) is 0 Å². The van der Waals surface area contributed by atoms with Gasteiger partial charge >= 0.3 is 18.4 Å². The average molecular weight is 694 g/mol. The minimum Gasteiger partial charge on any atom is -0.429 e. The summed E-state index contributed by atoms with van der Waals surface area (Å²) >= 11 is 0. The van der Waals surface area contributed by atoms with Gasteiger partial charge in [-0.25, -0.2) is 26.3 Å². The monoisotopic (exact) mass is 694 g/mol. The molecule has 0 unspecified atom stereocenters. The van der Waals surface area contributed by atoms with E-state index in [1.165, 1.54) is 0 Å². The molecule has 1 aliphatic heterocycles. The molecule has 3 aromatic rings. The Kier molecular flexibility index (Phi) is 10.6. The molecule has 1 aliphatic rings. The topological polar surface area (TPSA) is 36.9 Å². The fraction of sp³-hybridized carbons (Fsp3) is 0.400. The maximum Gasteiger partial charge on any atom is 0.432 e. The number of rotatable bonds is 11. The first kappa shape index (κ1) is 36.1. The van der Waals surface area contributed by atoms with Gasteiger partial charge in [-0.2, -0.15) is 30.7 Å². The molecule has 1 saturated heterocycles. The van der Waals surface area contributed by atoms with Crippen molar-refractivity contribution in [3.05, 3.63) is 93.6 Å². The van der Waals surface area contributed by atoms with Crippen molar-refractivity contribution in [1.29, 1.82) is 0 Å². The van der Waals surface area contributed by atoms with E-state index in [0.29, 0.717) is 12.1 Å². The first-order chi connectivity index (χ1) is 21.8. The highest BCUT2D eigenvalue weighted by molar-refractivity contribution is 5.37. The van der Waals surface area contributed by atoms with Gasteiger partial charge in [0.15, 0.2) is 6.29 Å². The molecule has 0 aromatic heterocycles. The van der Waals surface area contributed by atoms with Crippen LogP contribution in [0.4, 0.5) is 57.1 Å². The molecule has 0 aliphatic carbocycles. The van der Waals surface area contributed by atoms with Gasteiger partial charge in [0.1, 0.15) is 63.1 Å². The lowest BCUT2D eigenvalue weighted by atomic mass is 10.0. The van der Waals surface area contributed by atoms with Crippen LogP contribution in [0.5, 0.6) is 11.5 Å². The van der Waals surface area contributed by atoms with Crippen molar-refractivity contribution in [3.8, 4) is 11.5 Å². The second-order valence-corrected chi connectivity index (χ2v) is 10.5. The summed E-state index contributed by atoms with van der Waals surface area (Å²) in [6.45, 7) is 2.37. The molecule has 0 atom stereocenters. The standard InChI is InChI=1S/C30H23F13O4/c1-2-3-4-5-14-12-44-27(45-13-14)15-6-18(31)25(19(32)7-15)29(40,41)47-17-10-22(35)26(23(36)11-17)30(42,43)46-16-8-20(33)24(21(34)9-16)28(37,38)39/h6-11,14,27H,2-5,12-13H2,1H3. The van der Waals surface area contributed by atoms with E-state index in [-0.39, 0.29) is 49.0 Å². The van der Waals surface area contributed by atoms with Gasteiger partial charge < -0.3 is 18.9 Å². The molecule has 47 heavy (non-hydrogen) atoms. The van der Waals surface area contributed by atoms with Crippen LogP contribution < -0.4 is 9.47 Å². The van der Waals surface area contributed by atoms with Crippen molar-refractivity contribution in [2.75, 3.05) is 13.2 Å². The van der Waals surface area contributed by atoms with Crippen LogP contribution in [-0.4, -0.2) is 13.2 Å². The van der Waals surface area contributed by atoms with Crippen molar-refractivity contribution >= 4 is 0 Å². The number of benzene rings is 3. The van der Waals surface area contributed by atoms with Gasteiger partial charge in [0, 0.05) is 35.7 Å². The Morgan fingerprint density at radius 1 is 0.596 bits per heavy atom. The highest BCUT2D eigenvalue weighted by atomic mass is 19.4. The van der Waals surface area contributed by atoms with Crippen LogP contribution >= 0.6 is 0 Å². The third kappa shape index (κ3) is 8.23. The predicted octanol–water partition coefficient (Wildman–Crippen LogP) is 10.0. The molecule has 0 radical (unpaired) electrons. The van der Waals surface area contributed by atoms with E-state index in [1.807, 2.05) is 6.92 Å². The Balaban J connectivity index is 1.52. The zero-order valence-corrected chi connectivity index (χ0v) is 23.9. The normalized spacial score (nSPS) is 17.6. The summed E-state index contributed by atoms with van der Waals surface area (Å²) in [5.74, 6) is -16.4. The van der Waals surface area contributed by atoms with Crippen LogP contribution in [0.3, 0.4) is 0 Å². The summed E-state index contributed by atoms with van der Waals surface area (Å²) in [7, 11) is 0. The maximum atomic E-state index is 14.9. The molecule has 0 spiro atoms. The first-order valence-electron chi connectivity index (χ1n) is 13.8. The van der Waals surface area contributed by atoms with Crippen molar-refractivity contribution in [2.24, 2.45) is 5.92 Å². The van der Waals surface area contributed by atoms with Gasteiger partial charge in [0.2, 0.25) is 0 Å². The van der Waals surface area contributed by atoms with Crippen LogP contribution in [0.2, 0.25) is 0 Å². The highest BCUT2D eigenvalue weighted by Crippen LogP contribution is 2.42. The summed E-state index contributed by atoms with van der Waals surface area (Å²) < 4.78 is 202. The molecule has 3 aromatic carbocycles. The Bertz CT molecular complexity index is 1520. The van der Waals surface area contributed by atoms with Crippen LogP contribution in [0.1, 0.15) is 61.2 Å². The molecule has 0 N–H and O–H groups in total. The van der Waals surface area contributed by atoms with Gasteiger partial charge in [0.25, 0.3) is 0 Å². The van der Waals surface area contributed by atoms with E-state index in [2.05, 4.69) is 9.47 Å². The zero-order chi connectivity index (χ0) is 34.9. The molecule has 258 valence electrons. The van der Waals surface area contributed by atoms with Crippen molar-refractivity contribution < 1.29 is 76.0 Å². The lowest BCUT2D eigenvalue weighted by Crippen LogP contribution is -2.29. The fourth-order valence-corrected chi connectivity index (χ4v) is 4.76. The van der Waals surface area contributed by atoms with Crippen LogP contribution in [0.15, 0.2) is 36.4 Å². The first-order valence-corrected chi connectivity index (χ1v) is 13.8. The highest BCUT2D eigenvalue weighted by Gasteiger charge is 2.45. The van der Waals surface area contributed by atoms with Gasteiger partial charge in [-0.05, 0) is 18.6 Å². The Hall–Kier alpha value is -3.73. The minimum atomic E-state index is -5.57. The van der Waals surface area contributed by atoms with E-state index in [9.17, 15) is 57.1 Å². The van der Waals surface area contributed by atoms with E-state index in [0.717, 1.165) is 25.7 Å². The van der Waals surface area contributed by atoms with Crippen LogP contribution in [0, 0.1) is 40.8 Å². The van der Waals surface area contributed by atoms with Gasteiger partial charge in [-0.15, -0.1) is 0 Å². The molecular weight excluding hydrogens is 671 g/mol. The van der Waals surface area contributed by atoms with Crippen molar-refractivity contribution in [3.63, 3.8) is 0 Å². The maximum absolute atomic E-state index is 14.9. The third-order valence-corrected chi connectivity index (χ3v) is 6.91. The summed E-state index contributed by atoms with van der Waals surface area (Å²) in [4.78, 5) is 0. The number of hydrogen-bond donors (Lipinski definition) is 0. The van der Waals surface area contributed by atoms with Crippen molar-refractivity contribution in [1.82, 2.24) is 0 Å². The fourth-order valence-electron chi connectivity index (χ4n) is 4.76. The van der Waals surface area contributed by atoms with E-state index < -0.39 is 87.8 Å². The second-order valence-electron chi connectivity index (χ2n) is 10.5. The Labute approximate surface area is 258 Å². The lowest BCUT2D eigenvalue weighted by molar-refractivity contribution is -0.206. The number of halogens is 13. The number of unbranched alkanes of at least 4 members (excludes halogenated alkanes) is 2. The molecule has 4 rings (SSSR count). The Morgan fingerprint density at radius 3 is 1.36 bits per heavy atom. The number of alkyl halides is 7. The number of hydrogen-bond acceptors (Lipinski definition) is 4. The summed E-state index contributed by atoms with van der Waals surface area (Å²) in [5.41, 5.74) is -7.12. The van der Waals surface area contributed by atoms with Crippen molar-refractivity contribution in [2.45, 2.75) is 57.3 Å². The van der Waals surface area contributed by atoms with Gasteiger partial charge in [-0.3, -0.25) is 0 Å². The molecule has 0 amide bonds. The quantitative estimate of drug-likeness (QED) is 0.148. The smallest absolute Gasteiger partial charge is 0.429 e. The van der Waals surface area contributed by atoms with Crippen LogP contribution in [-0.2, 0) is 27.9 Å². The largest absolute Gasteiger partial charge is 0.432 e. The molecule has 4 nitrogen and oxygen atoms in total. The summed E-state index contributed by atoms with van der Waals surface area (Å²) in [6.07, 6.45) is -13.4. The lowest BCUT2D eigenvalue weighted by Gasteiger charge is -2.30. The molecule has 1 heterocycles. The van der Waals surface area contributed by atoms with E-state index in [4.69, 9.17) is 9.47 Å². The van der Waals surface area contributed by atoms with Gasteiger partial charge in [0.05, 0.1) is 13.2 Å². The molecule has 17 heteroatoms. The minimum absolute atomic E-state index is 0.0130. The summed E-state index contributed by atoms with van der Waals surface area (Å²) in [5, 5.41) is 0. The predicted molar refractivity (Wildman–Crippen MR) is 135 cm³/mol. The zero-order valence-electron chi connectivity index (χ0n) is 23.9. The molecule has 1 fully saturated rings. The molecule has 0 saturated carbocycles. The van der Waals surface area contributed by atoms with E-state index >= 15 is 0 Å². The van der Waals surface area contributed by atoms with Crippen LogP contribution in [0.25, 0.3) is 0 Å².